The summed E-state index contributed by atoms with van der Waals surface area (Å²) in [5.74, 6) is -0.897. The molecule has 6 nitrogen and oxygen atoms in total. The van der Waals surface area contributed by atoms with Gasteiger partial charge in [-0.25, -0.2) is 0 Å². The Balaban J connectivity index is 2.38. The molecule has 0 N–H and O–H groups in total. The van der Waals surface area contributed by atoms with Gasteiger partial charge in [-0.05, 0) is 12.5 Å². The fraction of sp³-hybridized carbons (Fsp3) is 0.471. The summed E-state index contributed by atoms with van der Waals surface area (Å²) in [5, 5.41) is 0. The van der Waals surface area contributed by atoms with E-state index in [-0.39, 0.29) is 18.4 Å². The van der Waals surface area contributed by atoms with Crippen LogP contribution in [0.4, 0.5) is 5.69 Å². The highest BCUT2D eigenvalue weighted by Gasteiger charge is 2.42. The van der Waals surface area contributed by atoms with Crippen LogP contribution in [0.25, 0.3) is 0 Å². The number of anilines is 1. The number of rotatable bonds is 6. The van der Waals surface area contributed by atoms with Crippen molar-refractivity contribution < 1.29 is 19.1 Å². The van der Waals surface area contributed by atoms with E-state index < -0.39 is 12.0 Å². The molecule has 23 heavy (non-hydrogen) atoms. The van der Waals surface area contributed by atoms with E-state index in [1.165, 1.54) is 18.9 Å². The Hall–Kier alpha value is -2.37. The molecule has 1 atom stereocenters. The Morgan fingerprint density at radius 2 is 2.00 bits per heavy atom. The number of benzene rings is 1. The first-order valence-corrected chi connectivity index (χ1v) is 7.75. The van der Waals surface area contributed by atoms with Gasteiger partial charge in [0.2, 0.25) is 5.91 Å². The van der Waals surface area contributed by atoms with Gasteiger partial charge in [-0.15, -0.1) is 0 Å². The summed E-state index contributed by atoms with van der Waals surface area (Å²) in [7, 11) is 1.29. The summed E-state index contributed by atoms with van der Waals surface area (Å²) in [6.07, 6.45) is 1.75. The molecule has 0 aromatic heterocycles. The first kappa shape index (κ1) is 17.0. The molecule has 1 aromatic carbocycles. The maximum absolute atomic E-state index is 12.8. The van der Waals surface area contributed by atoms with Crippen molar-refractivity contribution >= 4 is 23.5 Å². The van der Waals surface area contributed by atoms with Gasteiger partial charge in [-0.2, -0.15) is 0 Å². The van der Waals surface area contributed by atoms with Gasteiger partial charge in [-0.3, -0.25) is 19.3 Å². The number of amides is 2. The molecule has 0 saturated carbocycles. The fourth-order valence-electron chi connectivity index (χ4n) is 2.82. The average Bonchev–Trinajstić information content (AvgIpc) is 2.81. The third kappa shape index (κ3) is 3.36. The van der Waals surface area contributed by atoms with Gasteiger partial charge in [0.1, 0.15) is 12.6 Å². The molecule has 0 radical (unpaired) electrons. The lowest BCUT2D eigenvalue weighted by molar-refractivity contribution is -0.141. The summed E-state index contributed by atoms with van der Waals surface area (Å²) in [6.45, 7) is 3.87. The van der Waals surface area contributed by atoms with Crippen LogP contribution in [-0.4, -0.2) is 42.9 Å². The number of methoxy groups -OCH3 is 1. The van der Waals surface area contributed by atoms with Gasteiger partial charge in [0.05, 0.1) is 12.8 Å². The number of nitrogens with zero attached hydrogens (tertiary/aromatic N) is 2. The maximum Gasteiger partial charge on any atom is 0.325 e. The molecule has 1 heterocycles. The molecule has 2 rings (SSSR count). The highest BCUT2D eigenvalue weighted by Crippen LogP contribution is 2.39. The number of hydrogen-bond donors (Lipinski definition) is 0. The lowest BCUT2D eigenvalue weighted by Gasteiger charge is -2.27. The van der Waals surface area contributed by atoms with Crippen LogP contribution in [0.5, 0.6) is 0 Å². The number of hydrogen-bond acceptors (Lipinski definition) is 4. The molecule has 0 fully saturated rings. The minimum atomic E-state index is -0.667. The predicted octanol–water partition coefficient (Wildman–Crippen LogP) is 1.90. The topological polar surface area (TPSA) is 66.9 Å². The van der Waals surface area contributed by atoms with E-state index in [0.29, 0.717) is 12.2 Å². The molecule has 1 unspecified atom stereocenters. The summed E-state index contributed by atoms with van der Waals surface area (Å²) in [6, 6.07) is 6.59. The number of carbonyl (C=O) groups is 3. The average molecular weight is 318 g/mol. The predicted molar refractivity (Wildman–Crippen MR) is 85.8 cm³/mol. The third-order valence-corrected chi connectivity index (χ3v) is 4.01. The van der Waals surface area contributed by atoms with E-state index >= 15 is 0 Å². The van der Waals surface area contributed by atoms with Crippen molar-refractivity contribution in [2.75, 3.05) is 25.1 Å². The normalized spacial score (nSPS) is 16.2. The Morgan fingerprint density at radius 3 is 2.61 bits per heavy atom. The van der Waals surface area contributed by atoms with Gasteiger partial charge in [-0.1, -0.05) is 31.5 Å². The summed E-state index contributed by atoms with van der Waals surface area (Å²) in [4.78, 5) is 39.5. The van der Waals surface area contributed by atoms with Gasteiger partial charge in [0.15, 0.2) is 0 Å². The zero-order valence-corrected chi connectivity index (χ0v) is 13.7. The maximum atomic E-state index is 12.8. The van der Waals surface area contributed by atoms with Crippen LogP contribution < -0.4 is 4.90 Å². The van der Waals surface area contributed by atoms with Crippen molar-refractivity contribution in [2.24, 2.45) is 0 Å². The van der Waals surface area contributed by atoms with Crippen LogP contribution in [0.2, 0.25) is 0 Å². The number of fused-ring (bicyclic) bond motifs is 1. The molecule has 0 bridgehead atoms. The van der Waals surface area contributed by atoms with Crippen LogP contribution in [0.3, 0.4) is 0 Å². The van der Waals surface area contributed by atoms with Crippen LogP contribution in [0.15, 0.2) is 24.3 Å². The van der Waals surface area contributed by atoms with Crippen molar-refractivity contribution in [3.05, 3.63) is 29.8 Å². The number of carbonyl (C=O) groups excluding carboxylic acids is 3. The second-order valence-electron chi connectivity index (χ2n) is 5.53. The second kappa shape index (κ2) is 7.26. The van der Waals surface area contributed by atoms with Crippen molar-refractivity contribution in [3.63, 3.8) is 0 Å². The van der Waals surface area contributed by atoms with E-state index in [1.807, 2.05) is 25.1 Å². The Kier molecular flexibility index (Phi) is 5.36. The molecule has 2 amide bonds. The lowest BCUT2D eigenvalue weighted by atomic mass is 10.1. The highest BCUT2D eigenvalue weighted by atomic mass is 16.5. The fourth-order valence-corrected chi connectivity index (χ4v) is 2.82. The first-order chi connectivity index (χ1) is 11.0. The number of unbranched alkanes of at least 4 members (excludes halogenated alkanes) is 1. The van der Waals surface area contributed by atoms with Gasteiger partial charge < -0.3 is 9.64 Å². The number of ether oxygens (including phenoxy) is 1. The zero-order chi connectivity index (χ0) is 17.0. The van der Waals surface area contributed by atoms with Crippen LogP contribution in [-0.2, 0) is 19.1 Å². The van der Waals surface area contributed by atoms with Crippen LogP contribution in [0.1, 0.15) is 38.3 Å². The van der Waals surface area contributed by atoms with Crippen LogP contribution >= 0.6 is 0 Å². The lowest BCUT2D eigenvalue weighted by Crippen LogP contribution is -2.42. The molecular formula is C17H22N2O4. The summed E-state index contributed by atoms with van der Waals surface area (Å²) in [5.41, 5.74) is 1.42. The quantitative estimate of drug-likeness (QED) is 0.751. The van der Waals surface area contributed by atoms with Crippen molar-refractivity contribution in [2.45, 2.75) is 32.7 Å². The van der Waals surface area contributed by atoms with Crippen molar-refractivity contribution in [1.82, 2.24) is 4.90 Å². The third-order valence-electron chi connectivity index (χ3n) is 4.01. The van der Waals surface area contributed by atoms with Crippen molar-refractivity contribution in [3.8, 4) is 0 Å². The monoisotopic (exact) mass is 318 g/mol. The second-order valence-corrected chi connectivity index (χ2v) is 5.53. The molecule has 1 aromatic rings. The molecule has 1 aliphatic rings. The van der Waals surface area contributed by atoms with E-state index in [0.717, 1.165) is 18.4 Å². The molecule has 124 valence electrons. The standard InChI is InChI=1S/C17H22N2O4/c1-4-5-10-18(12(2)20)16-13-8-6-7-9-14(13)19(17(16)22)11-15(21)23-3/h6-9,16H,4-5,10-11H2,1-3H3. The largest absolute Gasteiger partial charge is 0.468 e. The van der Waals surface area contributed by atoms with Gasteiger partial charge >= 0.3 is 5.97 Å². The zero-order valence-electron chi connectivity index (χ0n) is 13.7. The van der Waals surface area contributed by atoms with E-state index in [1.54, 1.807) is 11.0 Å². The van der Waals surface area contributed by atoms with Gasteiger partial charge in [0.25, 0.3) is 5.91 Å². The Morgan fingerprint density at radius 1 is 1.30 bits per heavy atom. The van der Waals surface area contributed by atoms with E-state index in [2.05, 4.69) is 4.74 Å². The van der Waals surface area contributed by atoms with E-state index in [9.17, 15) is 14.4 Å². The summed E-state index contributed by atoms with van der Waals surface area (Å²) < 4.78 is 4.67. The van der Waals surface area contributed by atoms with E-state index in [4.69, 9.17) is 0 Å². The molecular weight excluding hydrogens is 296 g/mol. The minimum absolute atomic E-state index is 0.147. The molecule has 1 aliphatic heterocycles. The highest BCUT2D eigenvalue weighted by molar-refractivity contribution is 6.08. The Bertz CT molecular complexity index is 614. The number of para-hydroxylation sites is 1. The molecule has 0 spiro atoms. The first-order valence-electron chi connectivity index (χ1n) is 7.75. The van der Waals surface area contributed by atoms with Crippen molar-refractivity contribution in [1.29, 1.82) is 0 Å². The van der Waals surface area contributed by atoms with Crippen LogP contribution in [0, 0.1) is 0 Å². The van der Waals surface area contributed by atoms with Gasteiger partial charge in [0, 0.05) is 19.0 Å². The summed E-state index contributed by atoms with van der Waals surface area (Å²) >= 11 is 0. The number of esters is 1. The molecule has 0 aliphatic carbocycles. The Labute approximate surface area is 136 Å². The minimum Gasteiger partial charge on any atom is -0.468 e. The molecule has 6 heteroatoms. The SMILES string of the molecule is CCCCN(C(C)=O)C1C(=O)N(CC(=O)OC)c2ccccc21. The molecule has 0 saturated heterocycles. The smallest absolute Gasteiger partial charge is 0.325 e.